The second kappa shape index (κ2) is 7.86. The van der Waals surface area contributed by atoms with E-state index in [2.05, 4.69) is 27.6 Å². The van der Waals surface area contributed by atoms with Crippen molar-refractivity contribution < 1.29 is 9.32 Å². The Hall–Kier alpha value is -3.09. The van der Waals surface area contributed by atoms with Crippen LogP contribution in [0.1, 0.15) is 28.1 Å². The van der Waals surface area contributed by atoms with Crippen molar-refractivity contribution in [3.8, 4) is 0 Å². The molecule has 3 rings (SSSR count). The number of nitrogens with one attached hydrogen (secondary N) is 1. The number of carbonyl (C=O) groups excluding carboxylic acids is 1. The lowest BCUT2D eigenvalue weighted by Crippen LogP contribution is -2.36. The minimum Gasteiger partial charge on any atom is -0.361 e. The third-order valence-corrected chi connectivity index (χ3v) is 4.31. The van der Waals surface area contributed by atoms with Crippen LogP contribution >= 0.6 is 0 Å². The van der Waals surface area contributed by atoms with Gasteiger partial charge in [0, 0.05) is 38.1 Å². The fourth-order valence-electron chi connectivity index (χ4n) is 2.70. The first-order valence-electron chi connectivity index (χ1n) is 8.47. The van der Waals surface area contributed by atoms with Crippen LogP contribution in [0.2, 0.25) is 0 Å². The van der Waals surface area contributed by atoms with Gasteiger partial charge in [-0.3, -0.25) is 0 Å². The maximum Gasteiger partial charge on any atom is 0.317 e. The van der Waals surface area contributed by atoms with Gasteiger partial charge in [0.25, 0.3) is 0 Å². The molecule has 2 aromatic heterocycles. The molecule has 0 saturated heterocycles. The van der Waals surface area contributed by atoms with Gasteiger partial charge in [-0.25, -0.2) is 9.78 Å². The first kappa shape index (κ1) is 17.7. The molecule has 2 heterocycles. The number of aromatic nitrogens is 3. The Morgan fingerprint density at radius 1 is 1.23 bits per heavy atom. The lowest BCUT2D eigenvalue weighted by molar-refractivity contribution is 0.206. The molecule has 0 unspecified atom stereocenters. The van der Waals surface area contributed by atoms with Gasteiger partial charge < -0.3 is 19.3 Å². The van der Waals surface area contributed by atoms with Crippen molar-refractivity contribution in [1.29, 1.82) is 0 Å². The van der Waals surface area contributed by atoms with Crippen molar-refractivity contribution in [2.45, 2.75) is 33.5 Å². The summed E-state index contributed by atoms with van der Waals surface area (Å²) in [5.74, 6) is 0.746. The lowest BCUT2D eigenvalue weighted by atomic mass is 10.1. The number of imidazole rings is 1. The standard InChI is InChI=1S/C19H23N5O2/c1-14-18(15(2)26-22-14)12-23(3)19(25)21-10-16-4-6-17(7-5-16)11-24-9-8-20-13-24/h4-9,13H,10-12H2,1-3H3,(H,21,25). The van der Waals surface area contributed by atoms with E-state index in [-0.39, 0.29) is 6.03 Å². The number of rotatable bonds is 6. The summed E-state index contributed by atoms with van der Waals surface area (Å²) < 4.78 is 7.15. The average molecular weight is 353 g/mol. The second-order valence-electron chi connectivity index (χ2n) is 6.37. The fraction of sp³-hybridized carbons (Fsp3) is 0.316. The SMILES string of the molecule is Cc1noc(C)c1CN(C)C(=O)NCc1ccc(Cn2ccnc2)cc1. The summed E-state index contributed by atoms with van der Waals surface area (Å²) in [6, 6.07) is 8.05. The number of aryl methyl sites for hydroxylation is 2. The minimum absolute atomic E-state index is 0.132. The van der Waals surface area contributed by atoms with Gasteiger partial charge >= 0.3 is 6.03 Å². The van der Waals surface area contributed by atoms with E-state index in [4.69, 9.17) is 4.52 Å². The highest BCUT2D eigenvalue weighted by Gasteiger charge is 2.15. The summed E-state index contributed by atoms with van der Waals surface area (Å²) in [5.41, 5.74) is 4.01. The summed E-state index contributed by atoms with van der Waals surface area (Å²) in [5, 5.41) is 6.85. The summed E-state index contributed by atoms with van der Waals surface area (Å²) in [6.07, 6.45) is 5.49. The summed E-state index contributed by atoms with van der Waals surface area (Å²) in [6.45, 7) is 5.47. The van der Waals surface area contributed by atoms with Gasteiger partial charge in [0.15, 0.2) is 0 Å². The van der Waals surface area contributed by atoms with Gasteiger partial charge in [-0.1, -0.05) is 29.4 Å². The minimum atomic E-state index is -0.132. The first-order chi connectivity index (χ1) is 12.5. The highest BCUT2D eigenvalue weighted by molar-refractivity contribution is 5.73. The molecule has 1 aromatic carbocycles. The molecule has 0 spiro atoms. The van der Waals surface area contributed by atoms with Crippen LogP contribution in [0.5, 0.6) is 0 Å². The maximum absolute atomic E-state index is 12.3. The molecule has 0 aliphatic carbocycles. The van der Waals surface area contributed by atoms with Gasteiger partial charge in [0.05, 0.1) is 18.6 Å². The predicted molar refractivity (Wildman–Crippen MR) is 97.5 cm³/mol. The van der Waals surface area contributed by atoms with Crippen LogP contribution in [-0.2, 0) is 19.6 Å². The molecule has 0 atom stereocenters. The van der Waals surface area contributed by atoms with Crippen LogP contribution in [-0.4, -0.2) is 32.7 Å². The molecule has 0 bridgehead atoms. The molecular formula is C19H23N5O2. The first-order valence-corrected chi connectivity index (χ1v) is 8.47. The molecule has 7 heteroatoms. The molecule has 2 amide bonds. The van der Waals surface area contributed by atoms with Crippen molar-refractivity contribution in [3.63, 3.8) is 0 Å². The van der Waals surface area contributed by atoms with Crippen LogP contribution in [0.15, 0.2) is 47.5 Å². The van der Waals surface area contributed by atoms with Crippen LogP contribution in [0.25, 0.3) is 0 Å². The third kappa shape index (κ3) is 4.30. The highest BCUT2D eigenvalue weighted by atomic mass is 16.5. The van der Waals surface area contributed by atoms with E-state index in [0.29, 0.717) is 13.1 Å². The van der Waals surface area contributed by atoms with Gasteiger partial charge in [-0.2, -0.15) is 0 Å². The van der Waals surface area contributed by atoms with Gasteiger partial charge in [0.2, 0.25) is 0 Å². The van der Waals surface area contributed by atoms with E-state index in [9.17, 15) is 4.79 Å². The van der Waals surface area contributed by atoms with Crippen LogP contribution in [0, 0.1) is 13.8 Å². The van der Waals surface area contributed by atoms with Crippen molar-refractivity contribution in [3.05, 3.63) is 71.1 Å². The zero-order valence-electron chi connectivity index (χ0n) is 15.3. The summed E-state index contributed by atoms with van der Waals surface area (Å²) in [7, 11) is 1.76. The monoisotopic (exact) mass is 353 g/mol. The number of amides is 2. The molecule has 0 aliphatic heterocycles. The quantitative estimate of drug-likeness (QED) is 0.739. The Morgan fingerprint density at radius 2 is 1.96 bits per heavy atom. The summed E-state index contributed by atoms with van der Waals surface area (Å²) in [4.78, 5) is 18.0. The molecular weight excluding hydrogens is 330 g/mol. The normalized spacial score (nSPS) is 10.7. The van der Waals surface area contributed by atoms with E-state index in [0.717, 1.165) is 29.1 Å². The Labute approximate surface area is 152 Å². The number of hydrogen-bond donors (Lipinski definition) is 1. The Bertz CT molecular complexity index is 833. The van der Waals surface area contributed by atoms with Gasteiger partial charge in [-0.15, -0.1) is 0 Å². The molecule has 0 radical (unpaired) electrons. The van der Waals surface area contributed by atoms with Gasteiger partial charge in [0.1, 0.15) is 5.76 Å². The number of carbonyl (C=O) groups is 1. The second-order valence-corrected chi connectivity index (χ2v) is 6.37. The lowest BCUT2D eigenvalue weighted by Gasteiger charge is -2.18. The van der Waals surface area contributed by atoms with Crippen molar-refractivity contribution in [2.75, 3.05) is 7.05 Å². The smallest absolute Gasteiger partial charge is 0.317 e. The molecule has 0 saturated carbocycles. The van der Waals surface area contributed by atoms with E-state index in [1.54, 1.807) is 24.5 Å². The van der Waals surface area contributed by atoms with Crippen LogP contribution < -0.4 is 5.32 Å². The molecule has 1 N–H and O–H groups in total. The number of hydrogen-bond acceptors (Lipinski definition) is 4. The summed E-state index contributed by atoms with van der Waals surface area (Å²) >= 11 is 0. The molecule has 136 valence electrons. The van der Waals surface area contributed by atoms with E-state index >= 15 is 0 Å². The Morgan fingerprint density at radius 3 is 2.58 bits per heavy atom. The number of urea groups is 1. The largest absolute Gasteiger partial charge is 0.361 e. The van der Waals surface area contributed by atoms with Crippen LogP contribution in [0.4, 0.5) is 4.79 Å². The Balaban J connectivity index is 1.50. The molecule has 0 aliphatic rings. The van der Waals surface area contributed by atoms with E-state index < -0.39 is 0 Å². The van der Waals surface area contributed by atoms with Crippen molar-refractivity contribution in [2.24, 2.45) is 0 Å². The van der Waals surface area contributed by atoms with E-state index in [1.165, 1.54) is 5.56 Å². The number of benzene rings is 1. The van der Waals surface area contributed by atoms with Crippen LogP contribution in [0.3, 0.4) is 0 Å². The molecule has 0 fully saturated rings. The van der Waals surface area contributed by atoms with Crippen molar-refractivity contribution >= 4 is 6.03 Å². The Kier molecular flexibility index (Phi) is 5.36. The third-order valence-electron chi connectivity index (χ3n) is 4.31. The van der Waals surface area contributed by atoms with E-state index in [1.807, 2.05) is 36.7 Å². The zero-order chi connectivity index (χ0) is 18.5. The van der Waals surface area contributed by atoms with Gasteiger partial charge in [-0.05, 0) is 25.0 Å². The average Bonchev–Trinajstić information content (AvgIpc) is 3.26. The topological polar surface area (TPSA) is 76.2 Å². The molecule has 3 aromatic rings. The highest BCUT2D eigenvalue weighted by Crippen LogP contribution is 2.14. The molecule has 7 nitrogen and oxygen atoms in total. The predicted octanol–water partition coefficient (Wildman–Crippen LogP) is 2.88. The molecule has 26 heavy (non-hydrogen) atoms. The number of nitrogens with zero attached hydrogens (tertiary/aromatic N) is 4. The zero-order valence-corrected chi connectivity index (χ0v) is 15.3. The van der Waals surface area contributed by atoms with Crippen molar-refractivity contribution in [1.82, 2.24) is 24.9 Å². The maximum atomic E-state index is 12.3. The fourth-order valence-corrected chi connectivity index (χ4v) is 2.70.